The van der Waals surface area contributed by atoms with Gasteiger partial charge in [0.25, 0.3) is 8.32 Å². The predicted molar refractivity (Wildman–Crippen MR) is 158 cm³/mol. The molecule has 0 amide bonds. The van der Waals surface area contributed by atoms with Gasteiger partial charge in [-0.3, -0.25) is 4.79 Å². The topological polar surface area (TPSA) is 54.0 Å². The van der Waals surface area contributed by atoms with Crippen molar-refractivity contribution in [1.29, 1.82) is 0 Å². The second-order valence-electron chi connectivity index (χ2n) is 11.0. The van der Waals surface area contributed by atoms with E-state index < -0.39 is 8.32 Å². The maximum atomic E-state index is 12.7. The van der Waals surface area contributed by atoms with Crippen LogP contribution in [0.4, 0.5) is 0 Å². The summed E-state index contributed by atoms with van der Waals surface area (Å²) in [6.07, 6.45) is 5.43. The van der Waals surface area contributed by atoms with E-state index in [0.717, 1.165) is 19.3 Å². The molecule has 2 aromatic rings. The van der Waals surface area contributed by atoms with Crippen LogP contribution in [0.5, 0.6) is 0 Å². The summed E-state index contributed by atoms with van der Waals surface area (Å²) < 4.78 is 23.4. The summed E-state index contributed by atoms with van der Waals surface area (Å²) in [5.74, 6) is 0.0137. The van der Waals surface area contributed by atoms with Gasteiger partial charge >= 0.3 is 5.97 Å². The lowest BCUT2D eigenvalue weighted by atomic mass is 9.97. The van der Waals surface area contributed by atoms with E-state index in [1.165, 1.54) is 10.4 Å². The van der Waals surface area contributed by atoms with Crippen molar-refractivity contribution >= 4 is 24.7 Å². The lowest BCUT2D eigenvalue weighted by Crippen LogP contribution is -2.66. The molecule has 0 spiro atoms. The first-order valence-electron chi connectivity index (χ1n) is 13.8. The van der Waals surface area contributed by atoms with Gasteiger partial charge in [0.15, 0.2) is 6.29 Å². The van der Waals surface area contributed by atoms with E-state index >= 15 is 0 Å². The summed E-state index contributed by atoms with van der Waals surface area (Å²) >= 11 is 0. The zero-order chi connectivity index (χ0) is 28.0. The highest BCUT2D eigenvalue weighted by atomic mass is 28.4. The minimum Gasteiger partial charge on any atom is -0.462 e. The summed E-state index contributed by atoms with van der Waals surface area (Å²) in [5, 5.41) is 2.47. The molecule has 2 atom stereocenters. The highest BCUT2D eigenvalue weighted by molar-refractivity contribution is 6.99. The van der Waals surface area contributed by atoms with Crippen LogP contribution in [0.3, 0.4) is 0 Å². The minimum atomic E-state index is -2.58. The molecule has 38 heavy (non-hydrogen) atoms. The van der Waals surface area contributed by atoms with Crippen LogP contribution in [0.25, 0.3) is 0 Å². The highest BCUT2D eigenvalue weighted by Crippen LogP contribution is 2.37. The van der Waals surface area contributed by atoms with Gasteiger partial charge in [0.2, 0.25) is 0 Å². The van der Waals surface area contributed by atoms with Crippen LogP contribution in [-0.4, -0.2) is 47.5 Å². The van der Waals surface area contributed by atoms with Gasteiger partial charge in [-0.2, -0.15) is 0 Å². The number of carbonyl (C=O) groups excluding carboxylic acids is 1. The Labute approximate surface area is 231 Å². The largest absolute Gasteiger partial charge is 0.462 e. The standard InChI is InChI=1S/C32H48O5Si/c1-8-17-26(2)29(37-30(33)23-15-24-31(34-6)35-7)22-16-25-36-38(32(3,4)5,27-18-11-9-12-19-27)28-20-13-10-14-21-28/h8-14,18-21,26,29,31H,1,15-17,22-25H2,2-7H3/t26-,29-/m0/s1. The lowest BCUT2D eigenvalue weighted by Gasteiger charge is -2.43. The van der Waals surface area contributed by atoms with E-state index in [1.54, 1.807) is 14.2 Å². The fraction of sp³-hybridized carbons (Fsp3) is 0.531. The van der Waals surface area contributed by atoms with Crippen LogP contribution in [0.2, 0.25) is 5.04 Å². The number of rotatable bonds is 17. The van der Waals surface area contributed by atoms with Crippen molar-refractivity contribution in [2.24, 2.45) is 5.92 Å². The third-order valence-electron chi connectivity index (χ3n) is 7.17. The number of hydrogen-bond donors (Lipinski definition) is 0. The molecule has 2 rings (SSSR count). The van der Waals surface area contributed by atoms with E-state index in [4.69, 9.17) is 18.6 Å². The van der Waals surface area contributed by atoms with Crippen molar-refractivity contribution in [3.05, 3.63) is 73.3 Å². The molecule has 0 aliphatic rings. The van der Waals surface area contributed by atoms with Gasteiger partial charge in [-0.15, -0.1) is 6.58 Å². The van der Waals surface area contributed by atoms with Gasteiger partial charge in [-0.05, 0) is 53.4 Å². The number of esters is 1. The molecule has 0 bridgehead atoms. The summed E-state index contributed by atoms with van der Waals surface area (Å²) in [6, 6.07) is 21.3. The van der Waals surface area contributed by atoms with Crippen LogP contribution >= 0.6 is 0 Å². The normalized spacial score (nSPS) is 13.8. The Morgan fingerprint density at radius 3 is 1.95 bits per heavy atom. The number of benzene rings is 2. The van der Waals surface area contributed by atoms with Crippen molar-refractivity contribution in [2.45, 2.75) is 83.7 Å². The molecule has 0 fully saturated rings. The Hall–Kier alpha value is -2.25. The summed E-state index contributed by atoms with van der Waals surface area (Å²) in [7, 11) is 0.632. The molecule has 0 aliphatic heterocycles. The average Bonchev–Trinajstić information content (AvgIpc) is 2.91. The lowest BCUT2D eigenvalue weighted by molar-refractivity contribution is -0.153. The molecule has 0 aliphatic carbocycles. The first kappa shape index (κ1) is 32.0. The molecule has 0 N–H and O–H groups in total. The Morgan fingerprint density at radius 1 is 0.921 bits per heavy atom. The quantitative estimate of drug-likeness (QED) is 0.0780. The second-order valence-corrected chi connectivity index (χ2v) is 15.3. The first-order valence-corrected chi connectivity index (χ1v) is 15.7. The molecule has 0 aromatic heterocycles. The zero-order valence-corrected chi connectivity index (χ0v) is 25.3. The SMILES string of the molecule is C=CC[C@H](C)[C@H](CCCO[Si](c1ccccc1)(c1ccccc1)C(C)(C)C)OC(=O)CCCC(OC)OC. The molecule has 0 heterocycles. The molecule has 0 radical (unpaired) electrons. The maximum Gasteiger partial charge on any atom is 0.306 e. The van der Waals surface area contributed by atoms with Crippen LogP contribution in [0, 0.1) is 5.92 Å². The fourth-order valence-corrected chi connectivity index (χ4v) is 9.72. The molecule has 5 nitrogen and oxygen atoms in total. The smallest absolute Gasteiger partial charge is 0.306 e. The third-order valence-corrected chi connectivity index (χ3v) is 12.2. The van der Waals surface area contributed by atoms with E-state index in [9.17, 15) is 4.79 Å². The van der Waals surface area contributed by atoms with Gasteiger partial charge < -0.3 is 18.6 Å². The first-order chi connectivity index (χ1) is 18.2. The van der Waals surface area contributed by atoms with Crippen LogP contribution in [0.15, 0.2) is 73.3 Å². The molecule has 0 unspecified atom stereocenters. The molecule has 210 valence electrons. The van der Waals surface area contributed by atoms with E-state index in [-0.39, 0.29) is 29.3 Å². The number of methoxy groups -OCH3 is 2. The summed E-state index contributed by atoms with van der Waals surface area (Å²) in [4.78, 5) is 12.7. The molecule has 0 saturated carbocycles. The van der Waals surface area contributed by atoms with Crippen molar-refractivity contribution < 1.29 is 23.4 Å². The summed E-state index contributed by atoms with van der Waals surface area (Å²) in [5.41, 5.74) is 0. The Balaban J connectivity index is 2.12. The van der Waals surface area contributed by atoms with Gasteiger partial charge in [-0.25, -0.2) is 0 Å². The van der Waals surface area contributed by atoms with Crippen LogP contribution < -0.4 is 10.4 Å². The fourth-order valence-electron chi connectivity index (χ4n) is 5.12. The van der Waals surface area contributed by atoms with Gasteiger partial charge in [0.1, 0.15) is 6.10 Å². The van der Waals surface area contributed by atoms with Gasteiger partial charge in [0.05, 0.1) is 0 Å². The summed E-state index contributed by atoms with van der Waals surface area (Å²) in [6.45, 7) is 13.5. The third kappa shape index (κ3) is 8.91. The number of ether oxygens (including phenoxy) is 3. The van der Waals surface area contributed by atoms with E-state index in [2.05, 4.69) is 94.9 Å². The van der Waals surface area contributed by atoms with E-state index in [1.807, 2.05) is 6.08 Å². The number of allylic oxidation sites excluding steroid dienone is 1. The van der Waals surface area contributed by atoms with Gasteiger partial charge in [0, 0.05) is 27.2 Å². The minimum absolute atomic E-state index is 0.0695. The zero-order valence-electron chi connectivity index (χ0n) is 24.3. The Kier molecular flexibility index (Phi) is 13.4. The van der Waals surface area contributed by atoms with E-state index in [0.29, 0.717) is 25.9 Å². The van der Waals surface area contributed by atoms with Crippen molar-refractivity contribution in [3.63, 3.8) is 0 Å². The predicted octanol–water partition coefficient (Wildman–Crippen LogP) is 6.26. The van der Waals surface area contributed by atoms with Crippen LogP contribution in [0.1, 0.15) is 66.2 Å². The molecular formula is C32H48O5Si. The van der Waals surface area contributed by atoms with Crippen molar-refractivity contribution in [1.82, 2.24) is 0 Å². The van der Waals surface area contributed by atoms with Gasteiger partial charge in [-0.1, -0.05) is 94.4 Å². The number of hydrogen-bond acceptors (Lipinski definition) is 5. The highest BCUT2D eigenvalue weighted by Gasteiger charge is 2.50. The monoisotopic (exact) mass is 540 g/mol. The van der Waals surface area contributed by atoms with Crippen molar-refractivity contribution in [2.75, 3.05) is 20.8 Å². The molecule has 2 aromatic carbocycles. The second kappa shape index (κ2) is 16.0. The van der Waals surface area contributed by atoms with Crippen molar-refractivity contribution in [3.8, 4) is 0 Å². The molecular weight excluding hydrogens is 492 g/mol. The molecule has 6 heteroatoms. The Morgan fingerprint density at radius 2 is 1.47 bits per heavy atom. The Bertz CT molecular complexity index is 898. The van der Waals surface area contributed by atoms with Crippen LogP contribution in [-0.2, 0) is 23.4 Å². The molecule has 0 saturated heterocycles. The maximum absolute atomic E-state index is 12.7. The average molecular weight is 541 g/mol. The number of carbonyl (C=O) groups is 1.